The van der Waals surface area contributed by atoms with Gasteiger partial charge in [0.15, 0.2) is 5.96 Å². The third kappa shape index (κ3) is 7.76. The van der Waals surface area contributed by atoms with Gasteiger partial charge in [-0.2, -0.15) is 0 Å². The Balaban J connectivity index is 0.00000280. The molecule has 1 aromatic heterocycles. The molecular formula is C20H35IN4O2S. The highest BCUT2D eigenvalue weighted by atomic mass is 127. The number of thiazole rings is 1. The predicted molar refractivity (Wildman–Crippen MR) is 126 cm³/mol. The van der Waals surface area contributed by atoms with Crippen LogP contribution in [-0.2, 0) is 15.9 Å². The van der Waals surface area contributed by atoms with Gasteiger partial charge in [0, 0.05) is 44.6 Å². The summed E-state index contributed by atoms with van der Waals surface area (Å²) in [6.45, 7) is 9.50. The summed E-state index contributed by atoms with van der Waals surface area (Å²) in [5.74, 6) is 1.03. The first kappa shape index (κ1) is 23.8. The molecule has 1 unspecified atom stereocenters. The zero-order valence-electron chi connectivity index (χ0n) is 17.2. The fourth-order valence-corrected chi connectivity index (χ4v) is 4.29. The maximum absolute atomic E-state index is 6.13. The Morgan fingerprint density at radius 3 is 2.82 bits per heavy atom. The maximum atomic E-state index is 6.13. The van der Waals surface area contributed by atoms with Crippen LogP contribution in [0.3, 0.4) is 0 Å². The molecule has 0 spiro atoms. The molecule has 0 amide bonds. The lowest BCUT2D eigenvalue weighted by Crippen LogP contribution is -2.47. The Morgan fingerprint density at radius 2 is 2.18 bits per heavy atom. The number of aromatic nitrogens is 1. The average Bonchev–Trinajstić information content (AvgIpc) is 3.12. The highest BCUT2D eigenvalue weighted by Gasteiger charge is 2.23. The van der Waals surface area contributed by atoms with Crippen LogP contribution in [0.25, 0.3) is 0 Å². The Bertz CT molecular complexity index is 585. The van der Waals surface area contributed by atoms with Gasteiger partial charge in [-0.25, -0.2) is 4.98 Å². The summed E-state index contributed by atoms with van der Waals surface area (Å²) in [6, 6.07) is 0. The van der Waals surface area contributed by atoms with E-state index in [1.807, 2.05) is 6.92 Å². The van der Waals surface area contributed by atoms with Crippen LogP contribution >= 0.6 is 35.3 Å². The van der Waals surface area contributed by atoms with Crippen LogP contribution in [0.2, 0.25) is 0 Å². The number of halogens is 1. The summed E-state index contributed by atoms with van der Waals surface area (Å²) in [7, 11) is 0. The summed E-state index contributed by atoms with van der Waals surface area (Å²) in [5, 5.41) is 6.70. The number of aliphatic imine (C=N–C) groups is 1. The maximum Gasteiger partial charge on any atom is 0.193 e. The third-order valence-corrected chi connectivity index (χ3v) is 5.99. The summed E-state index contributed by atoms with van der Waals surface area (Å²) < 4.78 is 11.9. The van der Waals surface area contributed by atoms with Crippen LogP contribution in [0.15, 0.2) is 10.4 Å². The van der Waals surface area contributed by atoms with Crippen molar-refractivity contribution in [2.45, 2.75) is 64.6 Å². The third-order valence-electron chi connectivity index (χ3n) is 5.16. The molecule has 2 aliphatic heterocycles. The van der Waals surface area contributed by atoms with Crippen LogP contribution < -0.4 is 5.32 Å². The Morgan fingerprint density at radius 1 is 1.36 bits per heavy atom. The minimum atomic E-state index is 0. The molecule has 0 aliphatic carbocycles. The van der Waals surface area contributed by atoms with Gasteiger partial charge in [-0.15, -0.1) is 35.3 Å². The van der Waals surface area contributed by atoms with Gasteiger partial charge in [-0.3, -0.25) is 4.99 Å². The molecule has 0 radical (unpaired) electrons. The number of nitrogens with zero attached hydrogens (tertiary/aromatic N) is 3. The van der Waals surface area contributed by atoms with Crippen molar-refractivity contribution in [2.24, 2.45) is 4.99 Å². The molecular weight excluding hydrogens is 487 g/mol. The van der Waals surface area contributed by atoms with E-state index in [0.29, 0.717) is 12.2 Å². The van der Waals surface area contributed by atoms with Gasteiger partial charge in [0.05, 0.1) is 29.5 Å². The Kier molecular flexibility index (Phi) is 11.0. The molecule has 8 heteroatoms. The van der Waals surface area contributed by atoms with Gasteiger partial charge < -0.3 is 19.7 Å². The lowest BCUT2D eigenvalue weighted by Gasteiger charge is -2.35. The van der Waals surface area contributed by atoms with Crippen LogP contribution in [0.1, 0.15) is 49.7 Å². The van der Waals surface area contributed by atoms with Crippen molar-refractivity contribution in [1.29, 1.82) is 0 Å². The molecule has 160 valence electrons. The molecule has 0 aromatic carbocycles. The lowest BCUT2D eigenvalue weighted by molar-refractivity contribution is -0.0721. The first-order valence-corrected chi connectivity index (χ1v) is 11.3. The number of hydrogen-bond donors (Lipinski definition) is 1. The van der Waals surface area contributed by atoms with Gasteiger partial charge >= 0.3 is 0 Å². The Labute approximate surface area is 190 Å². The Hall–Kier alpha value is -0.450. The minimum absolute atomic E-state index is 0. The highest BCUT2D eigenvalue weighted by molar-refractivity contribution is 14.0. The van der Waals surface area contributed by atoms with E-state index < -0.39 is 0 Å². The van der Waals surface area contributed by atoms with Crippen molar-refractivity contribution in [3.8, 4) is 0 Å². The topological polar surface area (TPSA) is 59.0 Å². The number of aryl methyl sites for hydroxylation is 1. The summed E-state index contributed by atoms with van der Waals surface area (Å²) in [4.78, 5) is 11.7. The van der Waals surface area contributed by atoms with Gasteiger partial charge in [0.2, 0.25) is 0 Å². The minimum Gasteiger partial charge on any atom is -0.376 e. The highest BCUT2D eigenvalue weighted by Crippen LogP contribution is 2.18. The van der Waals surface area contributed by atoms with Crippen LogP contribution in [0.4, 0.5) is 0 Å². The van der Waals surface area contributed by atoms with Crippen LogP contribution in [0.5, 0.6) is 0 Å². The fraction of sp³-hybridized carbons (Fsp3) is 0.800. The molecule has 2 aliphatic rings. The van der Waals surface area contributed by atoms with Crippen molar-refractivity contribution in [2.75, 3.05) is 39.4 Å². The molecule has 3 rings (SSSR count). The number of ether oxygens (including phenoxy) is 2. The molecule has 3 heterocycles. The zero-order chi connectivity index (χ0) is 18.9. The van der Waals surface area contributed by atoms with Crippen molar-refractivity contribution >= 4 is 41.3 Å². The second kappa shape index (κ2) is 13.0. The first-order chi connectivity index (χ1) is 13.2. The van der Waals surface area contributed by atoms with Crippen LogP contribution in [-0.4, -0.2) is 67.4 Å². The number of nitrogens with one attached hydrogen (secondary N) is 1. The second-order valence-electron chi connectivity index (χ2n) is 7.35. The van der Waals surface area contributed by atoms with E-state index in [4.69, 9.17) is 14.5 Å². The van der Waals surface area contributed by atoms with Crippen molar-refractivity contribution in [1.82, 2.24) is 15.2 Å². The van der Waals surface area contributed by atoms with E-state index in [-0.39, 0.29) is 24.0 Å². The second-order valence-corrected chi connectivity index (χ2v) is 8.41. The molecule has 28 heavy (non-hydrogen) atoms. The number of piperidine rings is 1. The normalized spacial score (nSPS) is 21.4. The smallest absolute Gasteiger partial charge is 0.193 e. The number of likely N-dealkylation sites (tertiary alicyclic amines) is 1. The monoisotopic (exact) mass is 522 g/mol. The van der Waals surface area contributed by atoms with Crippen molar-refractivity contribution in [3.05, 3.63) is 16.1 Å². The van der Waals surface area contributed by atoms with E-state index in [2.05, 4.69) is 27.5 Å². The van der Waals surface area contributed by atoms with Gasteiger partial charge in [-0.05, 0) is 46.0 Å². The molecule has 6 nitrogen and oxygen atoms in total. The number of guanidine groups is 1. The average molecular weight is 522 g/mol. The van der Waals surface area contributed by atoms with Crippen molar-refractivity contribution < 1.29 is 9.47 Å². The summed E-state index contributed by atoms with van der Waals surface area (Å²) in [6.07, 6.45) is 7.30. The molecule has 0 bridgehead atoms. The van der Waals surface area contributed by atoms with E-state index in [1.165, 1.54) is 12.8 Å². The SMILES string of the molecule is CCNC(=NCCc1csc(C)n1)N1CCC(OCC2CCCCO2)CC1.I. The zero-order valence-corrected chi connectivity index (χ0v) is 20.3. The van der Waals surface area contributed by atoms with E-state index in [0.717, 1.165) is 81.7 Å². The summed E-state index contributed by atoms with van der Waals surface area (Å²) in [5.41, 5.74) is 1.15. The summed E-state index contributed by atoms with van der Waals surface area (Å²) >= 11 is 1.71. The quantitative estimate of drug-likeness (QED) is 0.337. The van der Waals surface area contributed by atoms with Gasteiger partial charge in [0.1, 0.15) is 0 Å². The molecule has 1 aromatic rings. The largest absolute Gasteiger partial charge is 0.376 e. The molecule has 1 atom stereocenters. The van der Waals surface area contributed by atoms with Gasteiger partial charge in [0.25, 0.3) is 0 Å². The van der Waals surface area contributed by atoms with Gasteiger partial charge in [-0.1, -0.05) is 0 Å². The molecule has 1 N–H and O–H groups in total. The van der Waals surface area contributed by atoms with E-state index in [9.17, 15) is 0 Å². The predicted octanol–water partition coefficient (Wildman–Crippen LogP) is 3.63. The molecule has 2 fully saturated rings. The molecule has 0 saturated carbocycles. The molecule has 2 saturated heterocycles. The van der Waals surface area contributed by atoms with Crippen molar-refractivity contribution in [3.63, 3.8) is 0 Å². The first-order valence-electron chi connectivity index (χ1n) is 10.4. The number of rotatable bonds is 7. The lowest BCUT2D eigenvalue weighted by atomic mass is 10.1. The standard InChI is InChI=1S/C20H34N4O2S.HI/c1-3-21-20(22-10-7-17-15-27-16(2)23-17)24-11-8-18(9-12-24)26-14-19-6-4-5-13-25-19;/h15,18-19H,3-14H2,1-2H3,(H,21,22);1H. The van der Waals surface area contributed by atoms with E-state index in [1.54, 1.807) is 11.3 Å². The van der Waals surface area contributed by atoms with E-state index >= 15 is 0 Å². The fourth-order valence-electron chi connectivity index (χ4n) is 3.64. The van der Waals surface area contributed by atoms with Crippen LogP contribution in [0, 0.1) is 6.92 Å². The number of hydrogen-bond acceptors (Lipinski definition) is 5.